The van der Waals surface area contributed by atoms with Crippen molar-refractivity contribution in [3.63, 3.8) is 0 Å². The number of hydrogen-bond acceptors (Lipinski definition) is 6. The Morgan fingerprint density at radius 2 is 1.93 bits per heavy atom. The van der Waals surface area contributed by atoms with E-state index < -0.39 is 34.8 Å². The smallest absolute Gasteiger partial charge is 0.282 e. The zero-order valence-corrected chi connectivity index (χ0v) is 15.7. The van der Waals surface area contributed by atoms with Crippen molar-refractivity contribution in [2.45, 2.75) is 20.4 Å². The summed E-state index contributed by atoms with van der Waals surface area (Å²) in [6.07, 6.45) is 0. The molecule has 2 heterocycles. The van der Waals surface area contributed by atoms with Gasteiger partial charge in [-0.1, -0.05) is 6.07 Å². The number of Topliss-reactive ketones (excluding diaryl/α,β-unsaturated/α-hetero) is 1. The van der Waals surface area contributed by atoms with E-state index in [9.17, 15) is 24.5 Å². The number of aromatic nitrogens is 1. The lowest BCUT2D eigenvalue weighted by molar-refractivity contribution is -0.385. The Balaban J connectivity index is 1.88. The topological polar surface area (TPSA) is 112 Å². The Bertz CT molecular complexity index is 1010. The second-order valence-electron chi connectivity index (χ2n) is 6.51. The molecule has 0 aliphatic carbocycles. The molecule has 146 valence electrons. The molecule has 0 bridgehead atoms. The zero-order chi connectivity index (χ0) is 20.6. The summed E-state index contributed by atoms with van der Waals surface area (Å²) in [5.74, 6) is -1.94. The van der Waals surface area contributed by atoms with Gasteiger partial charge in [0.05, 0.1) is 23.6 Å². The van der Waals surface area contributed by atoms with Gasteiger partial charge >= 0.3 is 0 Å². The van der Waals surface area contributed by atoms with Gasteiger partial charge in [-0.15, -0.1) is 0 Å². The summed E-state index contributed by atoms with van der Waals surface area (Å²) >= 11 is 0. The van der Waals surface area contributed by atoms with Crippen molar-refractivity contribution in [1.82, 2.24) is 9.47 Å². The van der Waals surface area contributed by atoms with E-state index in [1.54, 1.807) is 20.1 Å². The van der Waals surface area contributed by atoms with Gasteiger partial charge in [0, 0.05) is 36.7 Å². The van der Waals surface area contributed by atoms with Gasteiger partial charge < -0.3 is 9.30 Å². The lowest BCUT2D eigenvalue weighted by Gasteiger charge is -2.13. The lowest BCUT2D eigenvalue weighted by Crippen LogP contribution is -2.35. The quantitative estimate of drug-likeness (QED) is 0.312. The molecular formula is C19H19N3O6. The van der Waals surface area contributed by atoms with Gasteiger partial charge in [0.25, 0.3) is 17.5 Å². The number of ketones is 1. The average Bonchev–Trinajstić information content (AvgIpc) is 3.08. The molecule has 0 fully saturated rings. The zero-order valence-electron chi connectivity index (χ0n) is 15.7. The van der Waals surface area contributed by atoms with Gasteiger partial charge in [0.1, 0.15) is 5.56 Å². The molecule has 0 unspecified atom stereocenters. The minimum Gasteiger partial charge on any atom is -0.383 e. The maximum Gasteiger partial charge on any atom is 0.282 e. The Hall–Kier alpha value is -3.33. The second kappa shape index (κ2) is 7.35. The molecule has 28 heavy (non-hydrogen) atoms. The third-order valence-electron chi connectivity index (χ3n) is 4.87. The number of carbonyl (C=O) groups is 3. The monoisotopic (exact) mass is 385 g/mol. The minimum atomic E-state index is -0.825. The summed E-state index contributed by atoms with van der Waals surface area (Å²) in [5, 5.41) is 11.2. The van der Waals surface area contributed by atoms with Crippen LogP contribution in [0.15, 0.2) is 24.3 Å². The Morgan fingerprint density at radius 3 is 2.57 bits per heavy atom. The SMILES string of the molecule is COCCn1c(C)cc(C(=O)CN2C(=O)c3cccc([N+](=O)[O-])c3C2=O)c1C. The number of nitro groups is 1. The number of benzene rings is 1. The predicted molar refractivity (Wildman–Crippen MR) is 98.6 cm³/mol. The van der Waals surface area contributed by atoms with E-state index in [0.717, 1.165) is 10.6 Å². The van der Waals surface area contributed by atoms with E-state index >= 15 is 0 Å². The number of carbonyl (C=O) groups excluding carboxylic acids is 3. The third-order valence-corrected chi connectivity index (χ3v) is 4.87. The van der Waals surface area contributed by atoms with E-state index in [4.69, 9.17) is 4.74 Å². The summed E-state index contributed by atoms with van der Waals surface area (Å²) in [7, 11) is 1.59. The van der Waals surface area contributed by atoms with E-state index in [-0.39, 0.29) is 11.1 Å². The summed E-state index contributed by atoms with van der Waals surface area (Å²) in [4.78, 5) is 49.2. The van der Waals surface area contributed by atoms with Crippen LogP contribution in [0.2, 0.25) is 0 Å². The van der Waals surface area contributed by atoms with Crippen molar-refractivity contribution >= 4 is 23.3 Å². The van der Waals surface area contributed by atoms with Crippen molar-refractivity contribution in [3.05, 3.63) is 62.5 Å². The average molecular weight is 385 g/mol. The number of hydrogen-bond donors (Lipinski definition) is 0. The number of ether oxygens (including phenoxy) is 1. The summed E-state index contributed by atoms with van der Waals surface area (Å²) in [5.41, 5.74) is 1.20. The fraction of sp³-hybridized carbons (Fsp3) is 0.316. The lowest BCUT2D eigenvalue weighted by atomic mass is 10.1. The fourth-order valence-corrected chi connectivity index (χ4v) is 3.45. The van der Waals surface area contributed by atoms with Crippen LogP contribution in [-0.4, -0.2) is 52.2 Å². The highest BCUT2D eigenvalue weighted by atomic mass is 16.6. The molecule has 1 aromatic carbocycles. The highest BCUT2D eigenvalue weighted by molar-refractivity contribution is 6.24. The molecule has 9 heteroatoms. The van der Waals surface area contributed by atoms with Crippen LogP contribution in [0.3, 0.4) is 0 Å². The Labute approximate surface area is 160 Å². The van der Waals surface area contributed by atoms with Crippen LogP contribution in [0, 0.1) is 24.0 Å². The van der Waals surface area contributed by atoms with Crippen molar-refractivity contribution < 1.29 is 24.0 Å². The van der Waals surface area contributed by atoms with Gasteiger partial charge in [0.2, 0.25) is 0 Å². The summed E-state index contributed by atoms with van der Waals surface area (Å²) in [6.45, 7) is 4.21. The first-order chi connectivity index (χ1) is 13.3. The number of nitro benzene ring substituents is 1. The van der Waals surface area contributed by atoms with Crippen molar-refractivity contribution in [1.29, 1.82) is 0 Å². The molecule has 9 nitrogen and oxygen atoms in total. The number of imide groups is 1. The van der Waals surface area contributed by atoms with Crippen LogP contribution in [0.1, 0.15) is 42.5 Å². The number of aryl methyl sites for hydroxylation is 1. The maximum atomic E-state index is 12.8. The van der Waals surface area contributed by atoms with E-state index in [2.05, 4.69) is 0 Å². The molecule has 1 aliphatic heterocycles. The molecule has 3 rings (SSSR count). The number of methoxy groups -OCH3 is 1. The molecule has 2 amide bonds. The fourth-order valence-electron chi connectivity index (χ4n) is 3.45. The molecule has 1 aromatic heterocycles. The van der Waals surface area contributed by atoms with Crippen molar-refractivity contribution in [2.24, 2.45) is 0 Å². The molecule has 0 saturated heterocycles. The molecule has 2 aromatic rings. The van der Waals surface area contributed by atoms with Gasteiger partial charge in [-0.05, 0) is 26.0 Å². The molecule has 0 N–H and O–H groups in total. The van der Waals surface area contributed by atoms with Gasteiger partial charge in [-0.3, -0.25) is 29.4 Å². The molecule has 1 aliphatic rings. The first-order valence-corrected chi connectivity index (χ1v) is 8.60. The Morgan fingerprint density at radius 1 is 1.21 bits per heavy atom. The van der Waals surface area contributed by atoms with Crippen LogP contribution < -0.4 is 0 Å². The molecular weight excluding hydrogens is 366 g/mol. The van der Waals surface area contributed by atoms with E-state index in [0.29, 0.717) is 24.4 Å². The van der Waals surface area contributed by atoms with Gasteiger partial charge in [-0.2, -0.15) is 0 Å². The van der Waals surface area contributed by atoms with Crippen LogP contribution in [0.4, 0.5) is 5.69 Å². The highest BCUT2D eigenvalue weighted by Crippen LogP contribution is 2.31. The van der Waals surface area contributed by atoms with Gasteiger partial charge in [-0.25, -0.2) is 0 Å². The maximum absolute atomic E-state index is 12.8. The van der Waals surface area contributed by atoms with E-state index in [1.807, 2.05) is 11.5 Å². The first-order valence-electron chi connectivity index (χ1n) is 8.60. The number of rotatable bonds is 7. The number of amides is 2. The first kappa shape index (κ1) is 19.4. The number of fused-ring (bicyclic) bond motifs is 1. The standard InChI is InChI=1S/C19H19N3O6/c1-11-9-14(12(2)20(11)7-8-28-3)16(23)10-21-18(24)13-5-4-6-15(22(26)27)17(13)19(21)25/h4-6,9H,7-8,10H2,1-3H3. The second-order valence-corrected chi connectivity index (χ2v) is 6.51. The number of nitrogens with zero attached hydrogens (tertiary/aromatic N) is 3. The molecule has 0 spiro atoms. The van der Waals surface area contributed by atoms with Crippen LogP contribution in [0.5, 0.6) is 0 Å². The van der Waals surface area contributed by atoms with Crippen LogP contribution >= 0.6 is 0 Å². The summed E-state index contributed by atoms with van der Waals surface area (Å²) in [6, 6.07) is 5.56. The molecule has 0 saturated carbocycles. The molecule has 0 radical (unpaired) electrons. The third kappa shape index (κ3) is 3.09. The van der Waals surface area contributed by atoms with Crippen LogP contribution in [-0.2, 0) is 11.3 Å². The van der Waals surface area contributed by atoms with E-state index in [1.165, 1.54) is 18.2 Å². The molecule has 0 atom stereocenters. The van der Waals surface area contributed by atoms with Crippen molar-refractivity contribution in [2.75, 3.05) is 20.3 Å². The highest BCUT2D eigenvalue weighted by Gasteiger charge is 2.41. The predicted octanol–water partition coefficient (Wildman–Crippen LogP) is 2.14. The van der Waals surface area contributed by atoms with Crippen molar-refractivity contribution in [3.8, 4) is 0 Å². The summed E-state index contributed by atoms with van der Waals surface area (Å²) < 4.78 is 6.99. The largest absolute Gasteiger partial charge is 0.383 e. The minimum absolute atomic E-state index is 0.0578. The normalized spacial score (nSPS) is 13.2. The Kier molecular flexibility index (Phi) is 5.10. The van der Waals surface area contributed by atoms with Crippen LogP contribution in [0.25, 0.3) is 0 Å². The van der Waals surface area contributed by atoms with Gasteiger partial charge in [0.15, 0.2) is 5.78 Å².